The highest BCUT2D eigenvalue weighted by molar-refractivity contribution is 5.91. The molecule has 1 aromatic rings. The van der Waals surface area contributed by atoms with Crippen LogP contribution in [0.1, 0.15) is 11.6 Å². The Hall–Kier alpha value is -1.88. The average molecular weight is 194 g/mol. The number of phenolic OH excluding ortho intramolecular Hbond substituents is 1. The summed E-state index contributed by atoms with van der Waals surface area (Å²) in [6, 6.07) is 5.15. The average Bonchev–Trinajstić information content (AvgIpc) is 2.18. The molecule has 0 saturated carbocycles. The van der Waals surface area contributed by atoms with Crippen molar-refractivity contribution in [3.05, 3.63) is 29.8 Å². The van der Waals surface area contributed by atoms with Crippen molar-refractivity contribution in [3.8, 4) is 5.75 Å². The first-order valence-corrected chi connectivity index (χ1v) is 3.94. The van der Waals surface area contributed by atoms with Crippen LogP contribution < -0.4 is 11.1 Å². The van der Waals surface area contributed by atoms with Crippen LogP contribution in [0, 0.1) is 0 Å². The summed E-state index contributed by atoms with van der Waals surface area (Å²) in [6.07, 6.45) is 0.252. The molecule has 4 N–H and O–H groups in total. The first-order chi connectivity index (χ1) is 6.66. The Morgan fingerprint density at radius 2 is 2.14 bits per heavy atom. The minimum absolute atomic E-state index is 0.0685. The first kappa shape index (κ1) is 10.2. The molecule has 1 rings (SSSR count). The van der Waals surface area contributed by atoms with Crippen LogP contribution in [0.3, 0.4) is 0 Å². The normalized spacial score (nSPS) is 11.8. The molecule has 5 heteroatoms. The monoisotopic (exact) mass is 194 g/mol. The highest BCUT2D eigenvalue weighted by Gasteiger charge is 2.17. The fraction of sp³-hybridized carbons (Fsp3) is 0.111. The molecule has 2 amide bonds. The van der Waals surface area contributed by atoms with Crippen molar-refractivity contribution in [1.29, 1.82) is 0 Å². The molecule has 1 unspecified atom stereocenters. The molecule has 74 valence electrons. The van der Waals surface area contributed by atoms with Crippen LogP contribution in [0.25, 0.3) is 0 Å². The zero-order valence-corrected chi connectivity index (χ0v) is 7.31. The molecule has 1 atom stereocenters. The molecule has 5 nitrogen and oxygen atoms in total. The summed E-state index contributed by atoms with van der Waals surface area (Å²) in [6.45, 7) is 0. The van der Waals surface area contributed by atoms with Crippen molar-refractivity contribution in [2.45, 2.75) is 6.04 Å². The molecule has 0 saturated heterocycles. The molecule has 1 aromatic carbocycles. The third-order valence-electron chi connectivity index (χ3n) is 1.76. The number of para-hydroxylation sites is 1. The van der Waals surface area contributed by atoms with Gasteiger partial charge in [-0.3, -0.25) is 14.9 Å². The van der Waals surface area contributed by atoms with Crippen molar-refractivity contribution < 1.29 is 14.7 Å². The van der Waals surface area contributed by atoms with E-state index in [1.807, 2.05) is 5.32 Å². The van der Waals surface area contributed by atoms with E-state index in [1.54, 1.807) is 12.1 Å². The molecule has 0 heterocycles. The van der Waals surface area contributed by atoms with Crippen LogP contribution in [-0.2, 0) is 9.59 Å². The van der Waals surface area contributed by atoms with Crippen molar-refractivity contribution in [1.82, 2.24) is 5.32 Å². The summed E-state index contributed by atoms with van der Waals surface area (Å²) in [7, 11) is 0. The van der Waals surface area contributed by atoms with Gasteiger partial charge in [-0.15, -0.1) is 0 Å². The van der Waals surface area contributed by atoms with Gasteiger partial charge in [0.1, 0.15) is 11.8 Å². The number of carbonyl (C=O) groups is 2. The van der Waals surface area contributed by atoms with Gasteiger partial charge in [-0.2, -0.15) is 0 Å². The Balaban J connectivity index is 2.89. The summed E-state index contributed by atoms with van der Waals surface area (Å²) in [5.41, 5.74) is 5.78. The van der Waals surface area contributed by atoms with E-state index in [-0.39, 0.29) is 17.7 Å². The molecule has 0 aliphatic heterocycles. The van der Waals surface area contributed by atoms with Crippen LogP contribution in [0.15, 0.2) is 24.3 Å². The number of aromatic hydroxyl groups is 1. The number of amides is 2. The second-order valence-corrected chi connectivity index (χ2v) is 2.66. The second-order valence-electron chi connectivity index (χ2n) is 2.66. The first-order valence-electron chi connectivity index (χ1n) is 3.94. The van der Waals surface area contributed by atoms with Gasteiger partial charge in [-0.05, 0) is 6.07 Å². The minimum Gasteiger partial charge on any atom is -0.508 e. The Morgan fingerprint density at radius 1 is 1.50 bits per heavy atom. The Morgan fingerprint density at radius 3 is 2.71 bits per heavy atom. The van der Waals surface area contributed by atoms with Gasteiger partial charge in [0.05, 0.1) is 0 Å². The van der Waals surface area contributed by atoms with Gasteiger partial charge in [0.25, 0.3) is 0 Å². The van der Waals surface area contributed by atoms with Crippen LogP contribution in [0.5, 0.6) is 5.75 Å². The van der Waals surface area contributed by atoms with E-state index in [0.717, 1.165) is 0 Å². The number of benzene rings is 1. The lowest BCUT2D eigenvalue weighted by Gasteiger charge is -2.10. The number of nitrogens with one attached hydrogen (secondary N) is 1. The predicted octanol–water partition coefficient (Wildman–Crippen LogP) is -0.335. The summed E-state index contributed by atoms with van der Waals surface area (Å²) in [5, 5.41) is 11.3. The maximum atomic E-state index is 11.1. The van der Waals surface area contributed by atoms with Gasteiger partial charge < -0.3 is 10.8 Å². The fourth-order valence-corrected chi connectivity index (χ4v) is 1.04. The van der Waals surface area contributed by atoms with Gasteiger partial charge in [-0.1, -0.05) is 18.2 Å². The lowest BCUT2D eigenvalue weighted by Crippen LogP contribution is -2.33. The largest absolute Gasteiger partial charge is 0.508 e. The van der Waals surface area contributed by atoms with E-state index in [9.17, 15) is 14.7 Å². The van der Waals surface area contributed by atoms with E-state index in [1.165, 1.54) is 12.1 Å². The van der Waals surface area contributed by atoms with E-state index in [4.69, 9.17) is 5.73 Å². The molecule has 0 bridgehead atoms. The SMILES string of the molecule is NC(C(=O)NC=O)c1ccccc1O. The second kappa shape index (κ2) is 4.38. The van der Waals surface area contributed by atoms with E-state index >= 15 is 0 Å². The van der Waals surface area contributed by atoms with Crippen LogP contribution in [0.2, 0.25) is 0 Å². The third kappa shape index (κ3) is 2.08. The van der Waals surface area contributed by atoms with Crippen LogP contribution in [0.4, 0.5) is 0 Å². The van der Waals surface area contributed by atoms with Gasteiger partial charge in [0.2, 0.25) is 12.3 Å². The number of nitrogens with two attached hydrogens (primary N) is 1. The number of hydrogen-bond acceptors (Lipinski definition) is 4. The van der Waals surface area contributed by atoms with Gasteiger partial charge >= 0.3 is 0 Å². The zero-order chi connectivity index (χ0) is 10.6. The Kier molecular flexibility index (Phi) is 3.19. The van der Waals surface area contributed by atoms with Crippen molar-refractivity contribution in [2.24, 2.45) is 5.73 Å². The quantitative estimate of drug-likeness (QED) is 0.574. The molecular weight excluding hydrogens is 184 g/mol. The van der Waals surface area contributed by atoms with E-state index in [2.05, 4.69) is 0 Å². The third-order valence-corrected chi connectivity index (χ3v) is 1.76. The number of imide groups is 1. The molecular formula is C9H10N2O3. The van der Waals surface area contributed by atoms with E-state index < -0.39 is 11.9 Å². The number of rotatable bonds is 3. The molecule has 0 spiro atoms. The lowest BCUT2D eigenvalue weighted by molar-refractivity contribution is -0.126. The predicted molar refractivity (Wildman–Crippen MR) is 49.2 cm³/mol. The van der Waals surface area contributed by atoms with Crippen molar-refractivity contribution in [2.75, 3.05) is 0 Å². The summed E-state index contributed by atoms with van der Waals surface area (Å²) < 4.78 is 0. The highest BCUT2D eigenvalue weighted by Crippen LogP contribution is 2.21. The Bertz CT molecular complexity index is 352. The van der Waals surface area contributed by atoms with Crippen LogP contribution >= 0.6 is 0 Å². The smallest absolute Gasteiger partial charge is 0.247 e. The molecule has 0 fully saturated rings. The lowest BCUT2D eigenvalue weighted by atomic mass is 10.1. The molecule has 0 aromatic heterocycles. The topological polar surface area (TPSA) is 92.4 Å². The van der Waals surface area contributed by atoms with Crippen LogP contribution in [-0.4, -0.2) is 17.4 Å². The summed E-state index contributed by atoms with van der Waals surface area (Å²) in [4.78, 5) is 21.1. The van der Waals surface area contributed by atoms with Crippen molar-refractivity contribution in [3.63, 3.8) is 0 Å². The molecule has 0 aliphatic carbocycles. The summed E-state index contributed by atoms with van der Waals surface area (Å²) >= 11 is 0. The minimum atomic E-state index is -1.04. The zero-order valence-electron chi connectivity index (χ0n) is 7.31. The number of phenols is 1. The van der Waals surface area contributed by atoms with Gasteiger partial charge in [0.15, 0.2) is 0 Å². The molecule has 14 heavy (non-hydrogen) atoms. The fourth-order valence-electron chi connectivity index (χ4n) is 1.04. The summed E-state index contributed by atoms with van der Waals surface area (Å²) in [5.74, 6) is -0.720. The number of hydrogen-bond donors (Lipinski definition) is 3. The van der Waals surface area contributed by atoms with Crippen molar-refractivity contribution >= 4 is 12.3 Å². The van der Waals surface area contributed by atoms with Gasteiger partial charge in [0, 0.05) is 5.56 Å². The molecule has 0 aliphatic rings. The highest BCUT2D eigenvalue weighted by atomic mass is 16.3. The number of carbonyl (C=O) groups excluding carboxylic acids is 2. The Labute approximate surface area is 80.5 Å². The maximum Gasteiger partial charge on any atom is 0.247 e. The maximum absolute atomic E-state index is 11.1. The molecule has 0 radical (unpaired) electrons. The van der Waals surface area contributed by atoms with Gasteiger partial charge in [-0.25, -0.2) is 0 Å². The van der Waals surface area contributed by atoms with E-state index in [0.29, 0.717) is 0 Å². The standard InChI is InChI=1S/C9H10N2O3/c10-8(9(14)11-5-12)6-3-1-2-4-7(6)13/h1-5,8,13H,10H2,(H,11,12,14).